The van der Waals surface area contributed by atoms with Crippen LogP contribution in [0.15, 0.2) is 29.4 Å². The average molecular weight is 288 g/mol. The van der Waals surface area contributed by atoms with E-state index >= 15 is 0 Å². The largest absolute Gasteiger partial charge is 0.350 e. The molecule has 1 aromatic rings. The van der Waals surface area contributed by atoms with E-state index in [4.69, 9.17) is 5.73 Å². The van der Waals surface area contributed by atoms with Gasteiger partial charge in [-0.05, 0) is 37.1 Å². The van der Waals surface area contributed by atoms with Gasteiger partial charge in [-0.15, -0.1) is 0 Å². The van der Waals surface area contributed by atoms with Crippen molar-refractivity contribution in [3.63, 3.8) is 0 Å². The summed E-state index contributed by atoms with van der Waals surface area (Å²) in [5, 5.41) is 3.79. The summed E-state index contributed by atoms with van der Waals surface area (Å²) in [7, 11) is 2.20. The van der Waals surface area contributed by atoms with Crippen molar-refractivity contribution < 1.29 is 4.79 Å². The van der Waals surface area contributed by atoms with E-state index in [2.05, 4.69) is 34.6 Å². The van der Waals surface area contributed by atoms with Gasteiger partial charge in [0.15, 0.2) is 0 Å². The molecule has 0 spiro atoms. The summed E-state index contributed by atoms with van der Waals surface area (Å²) >= 11 is 0. The Kier molecular flexibility index (Phi) is 5.75. The Labute approximate surface area is 126 Å². The Morgan fingerprint density at radius 2 is 2.19 bits per heavy atom. The number of nitrogens with zero attached hydrogens (tertiary/aromatic N) is 2. The van der Waals surface area contributed by atoms with Crippen LogP contribution in [0.2, 0.25) is 0 Å². The lowest BCUT2D eigenvalue weighted by atomic mass is 9.94. The van der Waals surface area contributed by atoms with Gasteiger partial charge in [0, 0.05) is 12.6 Å². The molecule has 3 N–H and O–H groups in total. The van der Waals surface area contributed by atoms with Gasteiger partial charge >= 0.3 is 6.03 Å². The summed E-state index contributed by atoms with van der Waals surface area (Å²) in [5.41, 5.74) is 9.38. The highest BCUT2D eigenvalue weighted by Gasteiger charge is 2.17. The number of benzene rings is 1. The SMILES string of the molecule is CN(Cc1cccc(C=NNC(N)=O)c1)C1CCCCC1. The fourth-order valence-corrected chi connectivity index (χ4v) is 2.88. The predicted molar refractivity (Wildman–Crippen MR) is 85.1 cm³/mol. The van der Waals surface area contributed by atoms with E-state index < -0.39 is 6.03 Å². The van der Waals surface area contributed by atoms with E-state index in [0.29, 0.717) is 6.04 Å². The summed E-state index contributed by atoms with van der Waals surface area (Å²) in [6.45, 7) is 0.940. The topological polar surface area (TPSA) is 70.7 Å². The van der Waals surface area contributed by atoms with Crippen LogP contribution in [0.3, 0.4) is 0 Å². The Balaban J connectivity index is 1.93. The number of rotatable bonds is 5. The van der Waals surface area contributed by atoms with Crippen molar-refractivity contribution in [3.8, 4) is 0 Å². The molecule has 0 bridgehead atoms. The molecule has 0 aliphatic heterocycles. The maximum absolute atomic E-state index is 10.6. The zero-order valence-electron chi connectivity index (χ0n) is 12.6. The molecule has 2 amide bonds. The smallest absolute Gasteiger partial charge is 0.332 e. The summed E-state index contributed by atoms with van der Waals surface area (Å²) < 4.78 is 0. The van der Waals surface area contributed by atoms with Crippen LogP contribution in [0, 0.1) is 0 Å². The maximum atomic E-state index is 10.6. The van der Waals surface area contributed by atoms with Crippen molar-refractivity contribution in [3.05, 3.63) is 35.4 Å². The van der Waals surface area contributed by atoms with Gasteiger partial charge < -0.3 is 5.73 Å². The van der Waals surface area contributed by atoms with Crippen LogP contribution >= 0.6 is 0 Å². The third-order valence-corrected chi connectivity index (χ3v) is 3.97. The maximum Gasteiger partial charge on any atom is 0.332 e. The number of urea groups is 1. The van der Waals surface area contributed by atoms with E-state index in [1.807, 2.05) is 12.1 Å². The van der Waals surface area contributed by atoms with Gasteiger partial charge in [0.25, 0.3) is 0 Å². The third-order valence-electron chi connectivity index (χ3n) is 3.97. The number of carbonyl (C=O) groups excluding carboxylic acids is 1. The van der Waals surface area contributed by atoms with Gasteiger partial charge in [-0.1, -0.05) is 37.5 Å². The zero-order valence-corrected chi connectivity index (χ0v) is 12.6. The van der Waals surface area contributed by atoms with Gasteiger partial charge in [-0.25, -0.2) is 10.2 Å². The molecule has 0 saturated heterocycles. The minimum absolute atomic E-state index is 0.653. The fraction of sp³-hybridized carbons (Fsp3) is 0.500. The lowest BCUT2D eigenvalue weighted by Gasteiger charge is -2.31. The minimum atomic E-state index is -0.653. The second-order valence-electron chi connectivity index (χ2n) is 5.69. The summed E-state index contributed by atoms with van der Waals surface area (Å²) in [6.07, 6.45) is 8.29. The Hall–Kier alpha value is -1.88. The van der Waals surface area contributed by atoms with Crippen LogP contribution in [0.25, 0.3) is 0 Å². The Morgan fingerprint density at radius 3 is 2.90 bits per heavy atom. The van der Waals surface area contributed by atoms with E-state index in [1.54, 1.807) is 6.21 Å². The highest BCUT2D eigenvalue weighted by molar-refractivity contribution is 5.81. The lowest BCUT2D eigenvalue weighted by Crippen LogP contribution is -2.32. The highest BCUT2D eigenvalue weighted by atomic mass is 16.2. The van der Waals surface area contributed by atoms with Gasteiger partial charge in [0.2, 0.25) is 0 Å². The first kappa shape index (κ1) is 15.5. The lowest BCUT2D eigenvalue weighted by molar-refractivity contribution is 0.184. The second kappa shape index (κ2) is 7.78. The summed E-state index contributed by atoms with van der Waals surface area (Å²) in [4.78, 5) is 13.0. The number of nitrogens with two attached hydrogens (primary N) is 1. The van der Waals surface area contributed by atoms with Crippen molar-refractivity contribution in [2.75, 3.05) is 7.05 Å². The molecule has 1 aliphatic carbocycles. The predicted octanol–water partition coefficient (Wildman–Crippen LogP) is 2.45. The van der Waals surface area contributed by atoms with E-state index in [1.165, 1.54) is 37.7 Å². The number of carbonyl (C=O) groups is 1. The van der Waals surface area contributed by atoms with Crippen molar-refractivity contribution in [2.45, 2.75) is 44.7 Å². The first-order valence-corrected chi connectivity index (χ1v) is 7.53. The molecule has 5 nitrogen and oxygen atoms in total. The normalized spacial score (nSPS) is 16.5. The number of hydrazone groups is 1. The van der Waals surface area contributed by atoms with E-state index in [-0.39, 0.29) is 0 Å². The molecule has 1 saturated carbocycles. The highest BCUT2D eigenvalue weighted by Crippen LogP contribution is 2.22. The third kappa shape index (κ3) is 5.19. The van der Waals surface area contributed by atoms with Crippen LogP contribution in [0.4, 0.5) is 4.79 Å². The molecule has 0 radical (unpaired) electrons. The molecule has 0 aromatic heterocycles. The first-order chi connectivity index (χ1) is 10.1. The molecule has 114 valence electrons. The molecule has 5 heteroatoms. The molecular formula is C16H24N4O. The van der Waals surface area contributed by atoms with Crippen LogP contribution in [-0.2, 0) is 6.54 Å². The van der Waals surface area contributed by atoms with Crippen molar-refractivity contribution >= 4 is 12.2 Å². The molecule has 0 unspecified atom stereocenters. The summed E-state index contributed by atoms with van der Waals surface area (Å²) in [5.74, 6) is 0. The monoisotopic (exact) mass is 288 g/mol. The molecule has 1 aliphatic rings. The molecule has 0 atom stereocenters. The number of amides is 2. The van der Waals surface area contributed by atoms with Gasteiger partial charge in [0.1, 0.15) is 0 Å². The fourth-order valence-electron chi connectivity index (χ4n) is 2.88. The number of primary amides is 1. The van der Waals surface area contributed by atoms with Crippen molar-refractivity contribution in [1.29, 1.82) is 0 Å². The van der Waals surface area contributed by atoms with Crippen LogP contribution in [-0.4, -0.2) is 30.2 Å². The quantitative estimate of drug-likeness (QED) is 0.645. The first-order valence-electron chi connectivity index (χ1n) is 7.53. The number of nitrogens with one attached hydrogen (secondary N) is 1. The van der Waals surface area contributed by atoms with E-state index in [9.17, 15) is 4.79 Å². The van der Waals surface area contributed by atoms with Gasteiger partial charge in [0.05, 0.1) is 6.21 Å². The minimum Gasteiger partial charge on any atom is -0.350 e. The van der Waals surface area contributed by atoms with Crippen LogP contribution < -0.4 is 11.2 Å². The molecular weight excluding hydrogens is 264 g/mol. The van der Waals surface area contributed by atoms with Gasteiger partial charge in [-0.2, -0.15) is 5.10 Å². The zero-order chi connectivity index (χ0) is 15.1. The van der Waals surface area contributed by atoms with Crippen molar-refractivity contribution in [1.82, 2.24) is 10.3 Å². The molecule has 1 fully saturated rings. The Bertz CT molecular complexity index is 495. The van der Waals surface area contributed by atoms with Crippen molar-refractivity contribution in [2.24, 2.45) is 10.8 Å². The van der Waals surface area contributed by atoms with Crippen LogP contribution in [0.5, 0.6) is 0 Å². The molecule has 0 heterocycles. The number of hydrogen-bond donors (Lipinski definition) is 2. The average Bonchev–Trinajstić information content (AvgIpc) is 2.48. The van der Waals surface area contributed by atoms with Crippen LogP contribution in [0.1, 0.15) is 43.2 Å². The standard InChI is InChI=1S/C16H24N4O/c1-20(15-8-3-2-4-9-15)12-14-7-5-6-13(10-14)11-18-19-16(17)21/h5-7,10-11,15H,2-4,8-9,12H2,1H3,(H3,17,19,21). The Morgan fingerprint density at radius 1 is 1.43 bits per heavy atom. The summed E-state index contributed by atoms with van der Waals surface area (Å²) in [6, 6.07) is 8.22. The number of hydrogen-bond acceptors (Lipinski definition) is 3. The molecule has 21 heavy (non-hydrogen) atoms. The van der Waals surface area contributed by atoms with E-state index in [0.717, 1.165) is 12.1 Å². The molecule has 1 aromatic carbocycles. The second-order valence-corrected chi connectivity index (χ2v) is 5.69. The van der Waals surface area contributed by atoms with Gasteiger partial charge in [-0.3, -0.25) is 4.90 Å². The molecule has 2 rings (SSSR count).